The largest absolute Gasteiger partial charge is 0.394 e. The number of aliphatic hydroxyl groups excluding tert-OH is 13. The molecule has 4 unspecified atom stereocenters. The quantitative estimate of drug-likeness (QED) is 0.0695. The second kappa shape index (κ2) is 19.7. The zero-order valence-electron chi connectivity index (χ0n) is 40.6. The molecule has 20 heteroatoms. The van der Waals surface area contributed by atoms with E-state index in [9.17, 15) is 71.5 Å². The van der Waals surface area contributed by atoms with Crippen LogP contribution in [0.1, 0.15) is 100 Å². The first kappa shape index (κ1) is 54.7. The summed E-state index contributed by atoms with van der Waals surface area (Å²) >= 11 is 0. The summed E-state index contributed by atoms with van der Waals surface area (Å²) < 4.78 is 36.7. The number of fused-ring (bicyclic) bond motifs is 5. The van der Waals surface area contributed by atoms with Crippen molar-refractivity contribution in [1.29, 1.82) is 0 Å². The molecule has 68 heavy (non-hydrogen) atoms. The summed E-state index contributed by atoms with van der Waals surface area (Å²) in [6.45, 7) is 13.7. The lowest BCUT2D eigenvalue weighted by atomic mass is 9.35. The zero-order chi connectivity index (χ0) is 50.4. The summed E-state index contributed by atoms with van der Waals surface area (Å²) in [5.41, 5.74) is -4.59. The van der Waals surface area contributed by atoms with E-state index in [4.69, 9.17) is 28.4 Å². The average Bonchev–Trinajstić information content (AvgIpc) is 3.65. The fourth-order valence-electron chi connectivity index (χ4n) is 14.9. The fourth-order valence-corrected chi connectivity index (χ4v) is 14.9. The van der Waals surface area contributed by atoms with Crippen LogP contribution in [0.4, 0.5) is 0 Å². The Kier molecular flexibility index (Phi) is 15.8. The number of aliphatic hydroxyl groups is 14. The highest BCUT2D eigenvalue weighted by atomic mass is 16.8. The van der Waals surface area contributed by atoms with Crippen molar-refractivity contribution in [2.24, 2.45) is 45.3 Å². The SMILES string of the molecule is CC(C)(O)/C=C/CC(C)(O[C@@H]1O[C@H](CO)[C@@H](O)[C@H](O)[C@H]1O)[C@H]1CC[C@]2(C)C1[C@H](O)CC1[C@@]3(C)C[C@@H](O)[C@H](O[C@@H]4O[C@H](CO)[C@@H](O)[C@H](O)[C@H]4O[C@@H]4O[C@H](CO)[C@@H](O)[C@H](O)[C@H]4O)C(C)(C)C3CC[C@]12C. The first-order valence-corrected chi connectivity index (χ1v) is 24.5. The lowest BCUT2D eigenvalue weighted by Gasteiger charge is -2.71. The Balaban J connectivity index is 1.16. The minimum atomic E-state index is -1.86. The van der Waals surface area contributed by atoms with E-state index in [1.165, 1.54) is 0 Å². The van der Waals surface area contributed by atoms with Crippen molar-refractivity contribution in [3.8, 4) is 0 Å². The summed E-state index contributed by atoms with van der Waals surface area (Å²) in [4.78, 5) is 0. The third-order valence-corrected chi connectivity index (χ3v) is 18.6. The highest BCUT2D eigenvalue weighted by Gasteiger charge is 2.73. The van der Waals surface area contributed by atoms with Gasteiger partial charge in [0.25, 0.3) is 0 Å². The maximum absolute atomic E-state index is 12.7. The topological polar surface area (TPSA) is 339 Å². The summed E-state index contributed by atoms with van der Waals surface area (Å²) in [6.07, 6.45) is -20.0. The highest BCUT2D eigenvalue weighted by molar-refractivity contribution is 5.21. The third-order valence-electron chi connectivity index (χ3n) is 18.6. The van der Waals surface area contributed by atoms with Crippen molar-refractivity contribution in [2.45, 2.75) is 222 Å². The molecule has 7 aliphatic rings. The van der Waals surface area contributed by atoms with Crippen LogP contribution in [0.25, 0.3) is 0 Å². The van der Waals surface area contributed by atoms with Gasteiger partial charge >= 0.3 is 0 Å². The Hall–Kier alpha value is -1.06. The number of hydrogen-bond acceptors (Lipinski definition) is 20. The van der Waals surface area contributed by atoms with Gasteiger partial charge in [0, 0.05) is 0 Å². The second-order valence-corrected chi connectivity index (χ2v) is 23.5. The molecule has 3 aliphatic heterocycles. The molecule has 26 atom stereocenters. The molecule has 0 amide bonds. The smallest absolute Gasteiger partial charge is 0.187 e. The Morgan fingerprint density at radius 1 is 0.588 bits per heavy atom. The number of hydrogen-bond donors (Lipinski definition) is 14. The molecule has 0 aromatic rings. The third kappa shape index (κ3) is 9.19. The van der Waals surface area contributed by atoms with Crippen molar-refractivity contribution in [1.82, 2.24) is 0 Å². The van der Waals surface area contributed by atoms with Crippen LogP contribution in [0.5, 0.6) is 0 Å². The predicted octanol–water partition coefficient (Wildman–Crippen LogP) is -2.09. The van der Waals surface area contributed by atoms with Crippen LogP contribution in [0.15, 0.2) is 12.2 Å². The van der Waals surface area contributed by atoms with Gasteiger partial charge in [0.15, 0.2) is 18.9 Å². The molecule has 20 nitrogen and oxygen atoms in total. The van der Waals surface area contributed by atoms with Crippen molar-refractivity contribution in [3.63, 3.8) is 0 Å². The summed E-state index contributed by atoms with van der Waals surface area (Å²) in [7, 11) is 0. The number of ether oxygens (including phenoxy) is 6. The second-order valence-electron chi connectivity index (χ2n) is 23.5. The van der Waals surface area contributed by atoms with Gasteiger partial charge in [-0.3, -0.25) is 0 Å². The lowest BCUT2D eigenvalue weighted by molar-refractivity contribution is -0.383. The molecule has 0 aromatic heterocycles. The van der Waals surface area contributed by atoms with Crippen LogP contribution in [0.3, 0.4) is 0 Å². The fraction of sp³-hybridized carbons (Fsp3) is 0.958. The molecule has 0 radical (unpaired) electrons. The normalized spacial score (nSPS) is 52.8. The molecule has 0 bridgehead atoms. The van der Waals surface area contributed by atoms with Crippen LogP contribution >= 0.6 is 0 Å². The maximum atomic E-state index is 12.7. The lowest BCUT2D eigenvalue weighted by Crippen LogP contribution is -2.70. The molecule has 0 aromatic carbocycles. The van der Waals surface area contributed by atoms with Gasteiger partial charge in [-0.2, -0.15) is 0 Å². The van der Waals surface area contributed by atoms with Gasteiger partial charge in [-0.25, -0.2) is 0 Å². The zero-order valence-corrected chi connectivity index (χ0v) is 40.6. The molecule has 3 heterocycles. The Morgan fingerprint density at radius 3 is 1.66 bits per heavy atom. The highest BCUT2D eigenvalue weighted by Crippen LogP contribution is 2.76. The van der Waals surface area contributed by atoms with Gasteiger partial charge in [-0.05, 0) is 111 Å². The van der Waals surface area contributed by atoms with Crippen molar-refractivity contribution in [2.75, 3.05) is 19.8 Å². The Labute approximate surface area is 398 Å². The van der Waals surface area contributed by atoms with Crippen LogP contribution in [0.2, 0.25) is 0 Å². The molecule has 3 saturated heterocycles. The number of rotatable bonds is 13. The molecule has 4 saturated carbocycles. The van der Waals surface area contributed by atoms with E-state index in [1.54, 1.807) is 26.0 Å². The van der Waals surface area contributed by atoms with Gasteiger partial charge in [0.2, 0.25) is 0 Å². The minimum Gasteiger partial charge on any atom is -0.394 e. The molecule has 394 valence electrons. The van der Waals surface area contributed by atoms with E-state index in [1.807, 2.05) is 20.8 Å². The molecular weight excluding hydrogens is 897 g/mol. The van der Waals surface area contributed by atoms with Crippen molar-refractivity contribution >= 4 is 0 Å². The first-order valence-electron chi connectivity index (χ1n) is 24.5. The van der Waals surface area contributed by atoms with E-state index in [2.05, 4.69) is 20.8 Å². The van der Waals surface area contributed by atoms with Crippen LogP contribution < -0.4 is 0 Å². The van der Waals surface area contributed by atoms with Crippen molar-refractivity contribution in [3.05, 3.63) is 12.2 Å². The minimum absolute atomic E-state index is 0.115. The molecule has 7 fully saturated rings. The maximum Gasteiger partial charge on any atom is 0.187 e. The van der Waals surface area contributed by atoms with Crippen LogP contribution in [-0.4, -0.2) is 213 Å². The molecule has 0 spiro atoms. The molecule has 14 N–H and O–H groups in total. The van der Waals surface area contributed by atoms with Gasteiger partial charge in [-0.15, -0.1) is 0 Å². The summed E-state index contributed by atoms with van der Waals surface area (Å²) in [5, 5.41) is 152. The van der Waals surface area contributed by atoms with Gasteiger partial charge in [0.1, 0.15) is 73.2 Å². The monoisotopic (exact) mass is 979 g/mol. The van der Waals surface area contributed by atoms with Gasteiger partial charge in [-0.1, -0.05) is 46.8 Å². The first-order chi connectivity index (χ1) is 31.5. The average molecular weight is 979 g/mol. The standard InChI is InChI=1S/C48H82O20/c1-43(2,62)12-9-13-48(8,68-41-37(61)34(58)31(55)25(19-50)64-41)21-10-14-47(7)29(21)22(52)16-28-45(5)17-23(53)39(44(3,4)27(45)11-15-46(28,47)6)67-42-38(35(59)32(56)26(20-51)65-42)66-40-36(60)33(57)30(54)24(18-49)63-40/h9,12,21-42,49-62H,10-11,13-20H2,1-8H3/b12-9+/t21-,22+,23+,24+,25+,26+,27?,28?,29?,30+,31+,32+,33-,34-,35-,36+,37+,38+,39-,40-,41-,42-,45-,46+,47+,48?/m0/s1. The van der Waals surface area contributed by atoms with E-state index in [0.717, 1.165) is 6.42 Å². The summed E-state index contributed by atoms with van der Waals surface area (Å²) in [6, 6.07) is 0. The predicted molar refractivity (Wildman–Crippen MR) is 236 cm³/mol. The molecular formula is C48H82O20. The van der Waals surface area contributed by atoms with Crippen LogP contribution in [-0.2, 0) is 28.4 Å². The van der Waals surface area contributed by atoms with Gasteiger partial charge in [0.05, 0.1) is 49.3 Å². The van der Waals surface area contributed by atoms with E-state index in [-0.39, 0.29) is 36.5 Å². The summed E-state index contributed by atoms with van der Waals surface area (Å²) in [5.74, 6) is -0.899. The Morgan fingerprint density at radius 2 is 1.10 bits per heavy atom. The van der Waals surface area contributed by atoms with E-state index < -0.39 is 163 Å². The molecule has 7 rings (SSSR count). The van der Waals surface area contributed by atoms with Crippen molar-refractivity contribution < 1.29 is 99.9 Å². The van der Waals surface area contributed by atoms with E-state index in [0.29, 0.717) is 25.7 Å². The Bertz CT molecular complexity index is 1750. The molecule has 4 aliphatic carbocycles. The van der Waals surface area contributed by atoms with E-state index >= 15 is 0 Å². The van der Waals surface area contributed by atoms with Crippen LogP contribution in [0, 0.1) is 45.3 Å². The van der Waals surface area contributed by atoms with Gasteiger partial charge < -0.3 is 99.9 Å².